The fraction of sp³-hybridized carbons (Fsp3) is 0. The number of nitrogens with one attached hydrogen (secondary N) is 2. The van der Waals surface area contributed by atoms with Crippen LogP contribution in [-0.2, 0) is 0 Å². The average Bonchev–Trinajstić information content (AvgIpc) is 2.47. The molecule has 0 unspecified atom stereocenters. The molecule has 0 heterocycles. The van der Waals surface area contributed by atoms with E-state index in [-0.39, 0.29) is 22.2 Å². The quantitative estimate of drug-likeness (QED) is 0.505. The predicted molar refractivity (Wildman–Crippen MR) is 86.0 cm³/mol. The summed E-state index contributed by atoms with van der Waals surface area (Å²) in [5.41, 5.74) is 0.435. The van der Waals surface area contributed by atoms with Crippen molar-refractivity contribution in [2.45, 2.75) is 0 Å². The van der Waals surface area contributed by atoms with Gasteiger partial charge in [0, 0.05) is 23.9 Å². The second kappa shape index (κ2) is 6.59. The summed E-state index contributed by atoms with van der Waals surface area (Å²) in [6.45, 7) is 0. The van der Waals surface area contributed by atoms with E-state index >= 15 is 0 Å². The number of hydrogen-bond donors (Lipinski definition) is 2. The maximum Gasteiger partial charge on any atom is 0.292 e. The van der Waals surface area contributed by atoms with E-state index in [4.69, 9.17) is 12.2 Å². The number of anilines is 2. The van der Waals surface area contributed by atoms with Crippen LogP contribution < -0.4 is 10.6 Å². The molecular formula is C13H10N4O4S. The van der Waals surface area contributed by atoms with E-state index in [1.54, 1.807) is 18.2 Å². The molecule has 0 amide bonds. The zero-order valence-corrected chi connectivity index (χ0v) is 11.9. The predicted octanol–water partition coefficient (Wildman–Crippen LogP) is 3.31. The Morgan fingerprint density at radius 3 is 2.36 bits per heavy atom. The SMILES string of the molecule is O=[N+]([O-])c1cccc(NC(=S)Nc2ccccc2[N+](=O)[O-])c1. The minimum Gasteiger partial charge on any atom is -0.332 e. The highest BCUT2D eigenvalue weighted by molar-refractivity contribution is 7.80. The molecule has 9 heteroatoms. The van der Waals surface area contributed by atoms with E-state index in [1.165, 1.54) is 30.3 Å². The van der Waals surface area contributed by atoms with Crippen LogP contribution in [0.2, 0.25) is 0 Å². The molecule has 0 spiro atoms. The van der Waals surface area contributed by atoms with Gasteiger partial charge in [0.25, 0.3) is 11.4 Å². The molecule has 2 aromatic rings. The Morgan fingerprint density at radius 1 is 0.955 bits per heavy atom. The van der Waals surface area contributed by atoms with Gasteiger partial charge in [0.15, 0.2) is 5.11 Å². The lowest BCUT2D eigenvalue weighted by Gasteiger charge is -2.10. The minimum atomic E-state index is -0.529. The monoisotopic (exact) mass is 318 g/mol. The van der Waals surface area contributed by atoms with Crippen LogP contribution in [0.3, 0.4) is 0 Å². The summed E-state index contributed by atoms with van der Waals surface area (Å²) in [4.78, 5) is 20.6. The zero-order valence-electron chi connectivity index (χ0n) is 11.1. The molecular weight excluding hydrogens is 308 g/mol. The van der Waals surface area contributed by atoms with Crippen LogP contribution in [0, 0.1) is 20.2 Å². The largest absolute Gasteiger partial charge is 0.332 e. The van der Waals surface area contributed by atoms with Crippen LogP contribution >= 0.6 is 12.2 Å². The van der Waals surface area contributed by atoms with Crippen molar-refractivity contribution in [3.05, 3.63) is 68.8 Å². The molecule has 0 aliphatic heterocycles. The number of rotatable bonds is 4. The fourth-order valence-electron chi connectivity index (χ4n) is 1.72. The Hall–Kier alpha value is -3.07. The van der Waals surface area contributed by atoms with Crippen molar-refractivity contribution in [2.24, 2.45) is 0 Å². The van der Waals surface area contributed by atoms with Gasteiger partial charge >= 0.3 is 0 Å². The lowest BCUT2D eigenvalue weighted by atomic mass is 10.2. The molecule has 2 aromatic carbocycles. The highest BCUT2D eigenvalue weighted by Crippen LogP contribution is 2.23. The molecule has 22 heavy (non-hydrogen) atoms. The first-order chi connectivity index (χ1) is 10.5. The van der Waals surface area contributed by atoms with Crippen molar-refractivity contribution >= 4 is 40.1 Å². The van der Waals surface area contributed by atoms with Crippen molar-refractivity contribution in [3.63, 3.8) is 0 Å². The Bertz CT molecular complexity index is 750. The topological polar surface area (TPSA) is 110 Å². The number of hydrogen-bond acceptors (Lipinski definition) is 5. The van der Waals surface area contributed by atoms with Crippen LogP contribution in [0.15, 0.2) is 48.5 Å². The minimum absolute atomic E-state index is 0.0847. The van der Waals surface area contributed by atoms with Gasteiger partial charge in [0.2, 0.25) is 0 Å². The molecule has 2 rings (SSSR count). The summed E-state index contributed by atoms with van der Waals surface area (Å²) in [7, 11) is 0. The van der Waals surface area contributed by atoms with Crippen LogP contribution in [-0.4, -0.2) is 15.0 Å². The summed E-state index contributed by atoms with van der Waals surface area (Å²) in [5, 5.41) is 27.1. The van der Waals surface area contributed by atoms with Crippen LogP contribution in [0.5, 0.6) is 0 Å². The highest BCUT2D eigenvalue weighted by atomic mass is 32.1. The van der Waals surface area contributed by atoms with E-state index in [2.05, 4.69) is 10.6 Å². The van der Waals surface area contributed by atoms with Gasteiger partial charge in [-0.2, -0.15) is 0 Å². The molecule has 0 aliphatic rings. The van der Waals surface area contributed by atoms with E-state index in [0.717, 1.165) is 0 Å². The molecule has 0 fully saturated rings. The molecule has 0 saturated carbocycles. The lowest BCUT2D eigenvalue weighted by Crippen LogP contribution is -2.19. The lowest BCUT2D eigenvalue weighted by molar-refractivity contribution is -0.384. The Balaban J connectivity index is 2.12. The van der Waals surface area contributed by atoms with Gasteiger partial charge in [-0.15, -0.1) is 0 Å². The third kappa shape index (κ3) is 3.73. The standard InChI is InChI=1S/C13H10N4O4S/c18-16(19)10-5-3-4-9(8-10)14-13(22)15-11-6-1-2-7-12(11)17(20)21/h1-8H,(H2,14,15,22). The molecule has 0 atom stereocenters. The molecule has 0 aliphatic carbocycles. The summed E-state index contributed by atoms with van der Waals surface area (Å²) in [6, 6.07) is 11.8. The summed E-state index contributed by atoms with van der Waals surface area (Å²) in [5.74, 6) is 0. The van der Waals surface area contributed by atoms with Crippen molar-refractivity contribution in [3.8, 4) is 0 Å². The summed E-state index contributed by atoms with van der Waals surface area (Å²) < 4.78 is 0. The number of para-hydroxylation sites is 2. The first-order valence-electron chi connectivity index (χ1n) is 6.03. The fourth-order valence-corrected chi connectivity index (χ4v) is 1.95. The van der Waals surface area contributed by atoms with Gasteiger partial charge in [0.05, 0.1) is 9.85 Å². The number of benzene rings is 2. The second-order valence-corrected chi connectivity index (χ2v) is 4.57. The molecule has 112 valence electrons. The van der Waals surface area contributed by atoms with E-state index < -0.39 is 9.85 Å². The number of nitro benzene ring substituents is 2. The number of nitrogens with zero attached hydrogens (tertiary/aromatic N) is 2. The summed E-state index contributed by atoms with van der Waals surface area (Å²) >= 11 is 5.06. The Morgan fingerprint density at radius 2 is 1.68 bits per heavy atom. The normalized spacial score (nSPS) is 9.82. The maximum atomic E-state index is 10.9. The van der Waals surface area contributed by atoms with Crippen LogP contribution in [0.25, 0.3) is 0 Å². The Kier molecular flexibility index (Phi) is 4.59. The van der Waals surface area contributed by atoms with E-state index in [0.29, 0.717) is 5.69 Å². The third-order valence-corrected chi connectivity index (χ3v) is 2.87. The summed E-state index contributed by atoms with van der Waals surface area (Å²) in [6.07, 6.45) is 0. The number of non-ortho nitro benzene ring substituents is 1. The Labute approximate surface area is 130 Å². The number of thiocarbonyl (C=S) groups is 1. The molecule has 0 bridgehead atoms. The van der Waals surface area contributed by atoms with E-state index in [9.17, 15) is 20.2 Å². The molecule has 0 radical (unpaired) electrons. The van der Waals surface area contributed by atoms with Crippen LogP contribution in [0.1, 0.15) is 0 Å². The van der Waals surface area contributed by atoms with Crippen molar-refractivity contribution in [1.29, 1.82) is 0 Å². The molecule has 0 saturated heterocycles. The zero-order chi connectivity index (χ0) is 16.1. The average molecular weight is 318 g/mol. The highest BCUT2D eigenvalue weighted by Gasteiger charge is 2.13. The van der Waals surface area contributed by atoms with Gasteiger partial charge in [-0.3, -0.25) is 20.2 Å². The molecule has 0 aromatic heterocycles. The van der Waals surface area contributed by atoms with Crippen molar-refractivity contribution < 1.29 is 9.85 Å². The van der Waals surface area contributed by atoms with Gasteiger partial charge in [-0.05, 0) is 24.4 Å². The van der Waals surface area contributed by atoms with Gasteiger partial charge in [-0.1, -0.05) is 18.2 Å². The van der Waals surface area contributed by atoms with Gasteiger partial charge < -0.3 is 10.6 Å². The first kappa shape index (κ1) is 15.3. The third-order valence-electron chi connectivity index (χ3n) is 2.66. The van der Waals surface area contributed by atoms with Gasteiger partial charge in [0.1, 0.15) is 5.69 Å². The van der Waals surface area contributed by atoms with Crippen molar-refractivity contribution in [1.82, 2.24) is 0 Å². The van der Waals surface area contributed by atoms with Gasteiger partial charge in [-0.25, -0.2) is 0 Å². The smallest absolute Gasteiger partial charge is 0.292 e. The first-order valence-corrected chi connectivity index (χ1v) is 6.44. The van der Waals surface area contributed by atoms with Crippen molar-refractivity contribution in [2.75, 3.05) is 10.6 Å². The molecule has 2 N–H and O–H groups in total. The molecule has 8 nitrogen and oxygen atoms in total. The van der Waals surface area contributed by atoms with E-state index in [1.807, 2.05) is 0 Å². The maximum absolute atomic E-state index is 10.9. The second-order valence-electron chi connectivity index (χ2n) is 4.16. The number of nitro groups is 2. The van der Waals surface area contributed by atoms with Crippen LogP contribution in [0.4, 0.5) is 22.7 Å².